The first-order valence-corrected chi connectivity index (χ1v) is 7.13. The van der Waals surface area contributed by atoms with E-state index in [1.807, 2.05) is 13.1 Å². The van der Waals surface area contributed by atoms with E-state index in [9.17, 15) is 10.1 Å². The summed E-state index contributed by atoms with van der Waals surface area (Å²) in [6, 6.07) is 9.17. The highest BCUT2D eigenvalue weighted by atomic mass is 16.6. The van der Waals surface area contributed by atoms with Crippen LogP contribution in [-0.4, -0.2) is 12.0 Å². The highest BCUT2D eigenvalue weighted by Gasteiger charge is 2.20. The van der Waals surface area contributed by atoms with Gasteiger partial charge in [0.15, 0.2) is 0 Å². The van der Waals surface area contributed by atoms with Crippen molar-refractivity contribution in [3.8, 4) is 0 Å². The molecule has 5 nitrogen and oxygen atoms in total. The second-order valence-corrected chi connectivity index (χ2v) is 4.89. The van der Waals surface area contributed by atoms with Crippen LogP contribution >= 0.6 is 0 Å². The molecule has 1 heterocycles. The van der Waals surface area contributed by atoms with Crippen LogP contribution in [0.1, 0.15) is 42.3 Å². The largest absolute Gasteiger partial charge is 0.433 e. The number of nitrogens with one attached hydrogen (secondary N) is 1. The summed E-state index contributed by atoms with van der Waals surface area (Å²) in [4.78, 5) is 10.2. The molecular weight excluding hydrogens is 268 g/mol. The maximum Gasteiger partial charge on any atom is 0.433 e. The topological polar surface area (TPSA) is 68.3 Å². The summed E-state index contributed by atoms with van der Waals surface area (Å²) in [7, 11) is 1.82. The van der Waals surface area contributed by atoms with Gasteiger partial charge in [0.2, 0.25) is 0 Å². The summed E-state index contributed by atoms with van der Waals surface area (Å²) < 4.78 is 5.32. The van der Waals surface area contributed by atoms with Crippen LogP contribution in [0.2, 0.25) is 0 Å². The lowest BCUT2D eigenvalue weighted by Crippen LogP contribution is -2.17. The predicted molar refractivity (Wildman–Crippen MR) is 81.5 cm³/mol. The zero-order valence-electron chi connectivity index (χ0n) is 12.6. The number of nitrogens with zero attached hydrogens (tertiary/aromatic N) is 1. The van der Waals surface area contributed by atoms with Gasteiger partial charge < -0.3 is 9.73 Å². The summed E-state index contributed by atoms with van der Waals surface area (Å²) in [6.07, 6.45) is 1.96. The minimum Gasteiger partial charge on any atom is -0.404 e. The first-order chi connectivity index (χ1) is 10.1. The Bertz CT molecular complexity index is 634. The fourth-order valence-electron chi connectivity index (χ4n) is 2.57. The van der Waals surface area contributed by atoms with Crippen molar-refractivity contribution in [1.29, 1.82) is 0 Å². The van der Waals surface area contributed by atoms with Gasteiger partial charge >= 0.3 is 5.88 Å². The Hall–Kier alpha value is -2.14. The molecule has 21 heavy (non-hydrogen) atoms. The Morgan fingerprint density at radius 3 is 2.43 bits per heavy atom. The van der Waals surface area contributed by atoms with Crippen molar-refractivity contribution < 1.29 is 9.34 Å². The van der Waals surface area contributed by atoms with Crippen LogP contribution in [-0.2, 0) is 12.8 Å². The molecule has 0 aliphatic carbocycles. The molecule has 0 radical (unpaired) electrons. The lowest BCUT2D eigenvalue weighted by Gasteiger charge is -2.16. The molecule has 1 N–H and O–H groups in total. The fourth-order valence-corrected chi connectivity index (χ4v) is 2.57. The normalized spacial score (nSPS) is 12.3. The second kappa shape index (κ2) is 6.54. The summed E-state index contributed by atoms with van der Waals surface area (Å²) >= 11 is 0. The molecule has 0 bridgehead atoms. The zero-order chi connectivity index (χ0) is 15.4. The molecule has 0 amide bonds. The van der Waals surface area contributed by atoms with Crippen LogP contribution in [0.15, 0.2) is 34.7 Å². The molecule has 5 heteroatoms. The standard InChI is InChI=1S/C16H20N2O3/c1-4-11-6-7-13(10-12(11)5-2)16(17-3)14-8-9-15(21-14)18(19)20/h6-10,16-17H,4-5H2,1-3H3. The van der Waals surface area contributed by atoms with Gasteiger partial charge in [0, 0.05) is 0 Å². The van der Waals surface area contributed by atoms with E-state index in [0.29, 0.717) is 5.76 Å². The van der Waals surface area contributed by atoms with Gasteiger partial charge in [0.25, 0.3) is 0 Å². The van der Waals surface area contributed by atoms with Crippen LogP contribution in [0, 0.1) is 10.1 Å². The monoisotopic (exact) mass is 288 g/mol. The first kappa shape index (κ1) is 15.3. The average Bonchev–Trinajstić information content (AvgIpc) is 2.97. The smallest absolute Gasteiger partial charge is 0.404 e. The Balaban J connectivity index is 2.38. The molecule has 1 aromatic carbocycles. The molecule has 0 saturated heterocycles. The van der Waals surface area contributed by atoms with Gasteiger partial charge in [-0.25, -0.2) is 0 Å². The van der Waals surface area contributed by atoms with Gasteiger partial charge in [-0.05, 0) is 42.6 Å². The predicted octanol–water partition coefficient (Wildman–Crippen LogP) is 3.62. The van der Waals surface area contributed by atoms with Crippen LogP contribution in [0.3, 0.4) is 0 Å². The summed E-state index contributed by atoms with van der Waals surface area (Å²) in [5.74, 6) is 0.321. The van der Waals surface area contributed by atoms with Gasteiger partial charge in [0.05, 0.1) is 12.1 Å². The van der Waals surface area contributed by atoms with E-state index in [1.165, 1.54) is 17.2 Å². The average molecular weight is 288 g/mol. The van der Waals surface area contributed by atoms with Crippen molar-refractivity contribution >= 4 is 5.88 Å². The lowest BCUT2D eigenvalue weighted by molar-refractivity contribution is -0.402. The number of hydrogen-bond donors (Lipinski definition) is 1. The number of rotatable bonds is 6. The Morgan fingerprint density at radius 2 is 1.90 bits per heavy atom. The molecule has 0 saturated carbocycles. The van der Waals surface area contributed by atoms with Gasteiger partial charge in [0.1, 0.15) is 10.7 Å². The van der Waals surface area contributed by atoms with E-state index >= 15 is 0 Å². The van der Waals surface area contributed by atoms with E-state index < -0.39 is 4.92 Å². The third kappa shape index (κ3) is 3.13. The molecule has 0 aliphatic rings. The molecule has 0 fully saturated rings. The lowest BCUT2D eigenvalue weighted by atomic mass is 9.96. The van der Waals surface area contributed by atoms with E-state index in [4.69, 9.17) is 4.42 Å². The van der Waals surface area contributed by atoms with Crippen LogP contribution in [0.4, 0.5) is 5.88 Å². The van der Waals surface area contributed by atoms with E-state index in [0.717, 1.165) is 18.4 Å². The van der Waals surface area contributed by atoms with Crippen LogP contribution in [0.5, 0.6) is 0 Å². The molecule has 1 unspecified atom stereocenters. The molecular formula is C16H20N2O3. The second-order valence-electron chi connectivity index (χ2n) is 4.89. The van der Waals surface area contributed by atoms with Crippen LogP contribution in [0.25, 0.3) is 0 Å². The SMILES string of the molecule is CCc1ccc(C(NC)c2ccc([N+](=O)[O-])o2)cc1CC. The number of nitro groups is 1. The summed E-state index contributed by atoms with van der Waals surface area (Å²) in [6.45, 7) is 4.27. The minimum atomic E-state index is -0.520. The van der Waals surface area contributed by atoms with Gasteiger partial charge in [-0.3, -0.25) is 10.1 Å². The van der Waals surface area contributed by atoms with Gasteiger partial charge in [-0.1, -0.05) is 32.0 Å². The van der Waals surface area contributed by atoms with Gasteiger partial charge in [-0.2, -0.15) is 0 Å². The van der Waals surface area contributed by atoms with Crippen molar-refractivity contribution in [2.45, 2.75) is 32.7 Å². The molecule has 0 spiro atoms. The Morgan fingerprint density at radius 1 is 1.19 bits per heavy atom. The molecule has 112 valence electrons. The highest BCUT2D eigenvalue weighted by molar-refractivity contribution is 5.37. The number of benzene rings is 1. The molecule has 2 aromatic rings. The number of aryl methyl sites for hydroxylation is 2. The summed E-state index contributed by atoms with van der Waals surface area (Å²) in [5.41, 5.74) is 3.69. The molecule has 1 atom stereocenters. The Kier molecular flexibility index (Phi) is 4.75. The van der Waals surface area contributed by atoms with Crippen molar-refractivity contribution in [1.82, 2.24) is 5.32 Å². The fraction of sp³-hybridized carbons (Fsp3) is 0.375. The first-order valence-electron chi connectivity index (χ1n) is 7.13. The molecule has 1 aromatic heterocycles. The maximum absolute atomic E-state index is 10.7. The zero-order valence-corrected chi connectivity index (χ0v) is 12.6. The molecule has 2 rings (SSSR count). The van der Waals surface area contributed by atoms with Crippen LogP contribution < -0.4 is 5.32 Å². The Labute approximate surface area is 124 Å². The number of hydrogen-bond acceptors (Lipinski definition) is 4. The maximum atomic E-state index is 10.7. The highest BCUT2D eigenvalue weighted by Crippen LogP contribution is 2.28. The van der Waals surface area contributed by atoms with E-state index in [-0.39, 0.29) is 11.9 Å². The van der Waals surface area contributed by atoms with Gasteiger partial charge in [-0.15, -0.1) is 0 Å². The van der Waals surface area contributed by atoms with Crippen molar-refractivity contribution in [2.24, 2.45) is 0 Å². The number of furan rings is 1. The van der Waals surface area contributed by atoms with Crippen molar-refractivity contribution in [3.05, 3.63) is 62.9 Å². The third-order valence-corrected chi connectivity index (χ3v) is 3.69. The van der Waals surface area contributed by atoms with E-state index in [2.05, 4.69) is 31.3 Å². The molecule has 0 aliphatic heterocycles. The van der Waals surface area contributed by atoms with Crippen molar-refractivity contribution in [2.75, 3.05) is 7.05 Å². The quantitative estimate of drug-likeness (QED) is 0.651. The summed E-state index contributed by atoms with van der Waals surface area (Å²) in [5, 5.41) is 13.9. The third-order valence-electron chi connectivity index (χ3n) is 3.69. The van der Waals surface area contributed by atoms with Crippen molar-refractivity contribution in [3.63, 3.8) is 0 Å². The van der Waals surface area contributed by atoms with E-state index in [1.54, 1.807) is 6.07 Å². The minimum absolute atomic E-state index is 0.185.